The Balaban J connectivity index is 1.51. The number of carbonyl (C=O) groups is 1. The zero-order valence-corrected chi connectivity index (χ0v) is 27.2. The highest BCUT2D eigenvalue weighted by Crippen LogP contribution is 2.39. The van der Waals surface area contributed by atoms with Gasteiger partial charge in [-0.3, -0.25) is 5.10 Å². The molecular formula is C34H33F2IN4O4. The average Bonchev–Trinajstić information content (AvgIpc) is 3.68. The minimum Gasteiger partial charge on any atom is -0.478 e. The first kappa shape index (κ1) is 32.3. The molecule has 2 heterocycles. The van der Waals surface area contributed by atoms with Crippen LogP contribution in [0.1, 0.15) is 57.0 Å². The van der Waals surface area contributed by atoms with E-state index in [0.717, 1.165) is 28.1 Å². The molecule has 5 rings (SSSR count). The van der Waals surface area contributed by atoms with Gasteiger partial charge in [0.15, 0.2) is 17.4 Å². The summed E-state index contributed by atoms with van der Waals surface area (Å²) in [6, 6.07) is 15.0. The van der Waals surface area contributed by atoms with Crippen LogP contribution in [0.2, 0.25) is 0 Å². The first-order chi connectivity index (χ1) is 21.4. The quantitative estimate of drug-likeness (QED) is 0.0759. The second-order valence-corrected chi connectivity index (χ2v) is 13.2. The highest BCUT2D eigenvalue weighted by molar-refractivity contribution is 14.1. The van der Waals surface area contributed by atoms with Gasteiger partial charge in [0.25, 0.3) is 0 Å². The zero-order chi connectivity index (χ0) is 32.4. The number of nitrogens with zero attached hydrogens (tertiary/aromatic N) is 2. The summed E-state index contributed by atoms with van der Waals surface area (Å²) in [4.78, 5) is 18.9. The van der Waals surface area contributed by atoms with Gasteiger partial charge in [-0.25, -0.2) is 18.6 Å². The number of H-pyrrole nitrogens is 2. The lowest BCUT2D eigenvalue weighted by molar-refractivity contribution is -0.131. The number of fused-ring (bicyclic) bond motifs is 1. The number of ether oxygens (including phenoxy) is 1. The number of benzene rings is 3. The van der Waals surface area contributed by atoms with Crippen molar-refractivity contribution in [2.45, 2.75) is 45.4 Å². The summed E-state index contributed by atoms with van der Waals surface area (Å²) in [5.74, 6) is -1.95. The van der Waals surface area contributed by atoms with Crippen LogP contribution in [-0.4, -0.2) is 43.0 Å². The van der Waals surface area contributed by atoms with E-state index >= 15 is 8.78 Å². The summed E-state index contributed by atoms with van der Waals surface area (Å²) >= 11 is 2.27. The van der Waals surface area contributed by atoms with Crippen LogP contribution in [0.4, 0.5) is 8.78 Å². The third-order valence-corrected chi connectivity index (χ3v) is 8.69. The van der Waals surface area contributed by atoms with Crippen LogP contribution in [0.15, 0.2) is 66.9 Å². The molecule has 8 nitrogen and oxygen atoms in total. The number of aromatic amines is 2. The van der Waals surface area contributed by atoms with Crippen molar-refractivity contribution in [1.29, 1.82) is 0 Å². The molecule has 2 aromatic heterocycles. The smallest absolute Gasteiger partial charge is 0.328 e. The number of nitrogens with one attached hydrogen (secondary N) is 2. The molecular weight excluding hydrogens is 693 g/mol. The van der Waals surface area contributed by atoms with E-state index in [1.165, 1.54) is 30.3 Å². The molecule has 0 fully saturated rings. The van der Waals surface area contributed by atoms with Gasteiger partial charge in [0, 0.05) is 45.0 Å². The minimum absolute atomic E-state index is 0.0483. The fourth-order valence-corrected chi connectivity index (χ4v) is 5.86. The summed E-state index contributed by atoms with van der Waals surface area (Å²) in [7, 11) is 0. The van der Waals surface area contributed by atoms with E-state index in [1.807, 2.05) is 32.0 Å². The van der Waals surface area contributed by atoms with Gasteiger partial charge in [-0.2, -0.15) is 5.10 Å². The number of hydrogen-bond donors (Lipinski definition) is 4. The fourth-order valence-electron chi connectivity index (χ4n) is 5.32. The van der Waals surface area contributed by atoms with Crippen molar-refractivity contribution in [3.8, 4) is 22.9 Å². The number of rotatable bonds is 12. The predicted octanol–water partition coefficient (Wildman–Crippen LogP) is 8.22. The minimum atomic E-state index is -1.20. The molecule has 0 saturated carbocycles. The van der Waals surface area contributed by atoms with Crippen LogP contribution in [0.5, 0.6) is 11.5 Å². The molecule has 1 atom stereocenters. The molecule has 1 unspecified atom stereocenters. The molecule has 5 aromatic rings. The van der Waals surface area contributed by atoms with Gasteiger partial charge in [-0.15, -0.1) is 0 Å². The second-order valence-electron chi connectivity index (χ2n) is 12.0. The molecule has 0 bridgehead atoms. The Bertz CT molecular complexity index is 1880. The molecule has 4 N–H and O–H groups in total. The van der Waals surface area contributed by atoms with Gasteiger partial charge in [0.1, 0.15) is 17.4 Å². The molecule has 0 saturated heterocycles. The molecule has 234 valence electrons. The van der Waals surface area contributed by atoms with Crippen molar-refractivity contribution in [2.24, 2.45) is 5.41 Å². The molecule has 0 aliphatic rings. The van der Waals surface area contributed by atoms with Crippen molar-refractivity contribution in [2.75, 3.05) is 6.61 Å². The third-order valence-electron chi connectivity index (χ3n) is 8.02. The summed E-state index contributed by atoms with van der Waals surface area (Å²) in [5.41, 5.74) is 0.937. The van der Waals surface area contributed by atoms with Gasteiger partial charge in [-0.05, 0) is 95.8 Å². The number of carboxylic acids is 1. The van der Waals surface area contributed by atoms with Crippen LogP contribution in [-0.2, 0) is 10.2 Å². The van der Waals surface area contributed by atoms with Gasteiger partial charge < -0.3 is 19.9 Å². The van der Waals surface area contributed by atoms with E-state index in [2.05, 4.69) is 50.8 Å². The summed E-state index contributed by atoms with van der Waals surface area (Å²) in [6.07, 6.45) is 6.07. The van der Waals surface area contributed by atoms with Crippen LogP contribution in [0.3, 0.4) is 0 Å². The Morgan fingerprint density at radius 1 is 1.07 bits per heavy atom. The zero-order valence-electron chi connectivity index (χ0n) is 25.0. The van der Waals surface area contributed by atoms with E-state index in [1.54, 1.807) is 12.3 Å². The lowest BCUT2D eigenvalue weighted by Gasteiger charge is -2.30. The largest absolute Gasteiger partial charge is 0.478 e. The number of aliphatic hydroxyl groups excluding tert-OH is 1. The Labute approximate surface area is 272 Å². The van der Waals surface area contributed by atoms with Crippen molar-refractivity contribution >= 4 is 45.5 Å². The Morgan fingerprint density at radius 2 is 1.87 bits per heavy atom. The number of hydrogen-bond acceptors (Lipinski definition) is 5. The second kappa shape index (κ2) is 13.1. The Hall–Kier alpha value is -4.10. The van der Waals surface area contributed by atoms with Gasteiger partial charge in [0.2, 0.25) is 0 Å². The van der Waals surface area contributed by atoms with Crippen molar-refractivity contribution in [1.82, 2.24) is 20.2 Å². The molecule has 45 heavy (non-hydrogen) atoms. The average molecular weight is 727 g/mol. The van der Waals surface area contributed by atoms with E-state index in [9.17, 15) is 15.0 Å². The number of carboxylic acid groups (broad SMARTS) is 1. The molecule has 0 radical (unpaired) electrons. The van der Waals surface area contributed by atoms with E-state index < -0.39 is 23.0 Å². The molecule has 11 heteroatoms. The molecule has 0 spiro atoms. The van der Waals surface area contributed by atoms with Crippen molar-refractivity contribution in [3.63, 3.8) is 0 Å². The maximum absolute atomic E-state index is 15.3. The van der Waals surface area contributed by atoms with Gasteiger partial charge in [-0.1, -0.05) is 32.4 Å². The Morgan fingerprint density at radius 3 is 2.60 bits per heavy atom. The highest BCUT2D eigenvalue weighted by Gasteiger charge is 2.34. The lowest BCUT2D eigenvalue weighted by atomic mass is 9.75. The Kier molecular flexibility index (Phi) is 9.40. The maximum atomic E-state index is 15.3. The van der Waals surface area contributed by atoms with E-state index in [4.69, 9.17) is 9.72 Å². The SMILES string of the molecule is CC(C)(CO)CCCC(C)(c1cccc(I)c1)c1nc(-c2cc(Oc3c(F)cc4[nH]ccc4c3/C=C/C(=O)O)ccc2F)n[nH]1. The van der Waals surface area contributed by atoms with Crippen LogP contribution < -0.4 is 4.74 Å². The van der Waals surface area contributed by atoms with Gasteiger partial charge in [0.05, 0.1) is 11.0 Å². The third kappa shape index (κ3) is 7.09. The number of aliphatic hydroxyl groups is 1. The van der Waals surface area contributed by atoms with E-state index in [-0.39, 0.29) is 40.5 Å². The monoisotopic (exact) mass is 726 g/mol. The molecule has 0 amide bonds. The standard InChI is InChI=1S/C34H33F2IN4O4/c1-33(2,19-42)13-5-14-34(3,20-6-4-7-21(37)16-20)32-39-31(40-41-32)25-17-22(8-10-26(25)35)45-30-24(9-11-29(43)44)23-12-15-38-28(23)18-27(30)36/h4,6-12,15-18,38,42H,5,13-14,19H2,1-3H3,(H,43,44)(H,39,40,41)/b11-9+. The van der Waals surface area contributed by atoms with Crippen LogP contribution in [0.25, 0.3) is 28.4 Å². The fraction of sp³-hybridized carbons (Fsp3) is 0.265. The number of aliphatic carboxylic acids is 1. The molecule has 3 aromatic carbocycles. The normalized spacial score (nSPS) is 13.4. The lowest BCUT2D eigenvalue weighted by Crippen LogP contribution is -2.27. The van der Waals surface area contributed by atoms with E-state index in [0.29, 0.717) is 23.1 Å². The summed E-state index contributed by atoms with van der Waals surface area (Å²) in [5, 5.41) is 26.9. The first-order valence-electron chi connectivity index (χ1n) is 14.4. The molecule has 0 aliphatic heterocycles. The summed E-state index contributed by atoms with van der Waals surface area (Å²) in [6.45, 7) is 6.19. The topological polar surface area (TPSA) is 124 Å². The van der Waals surface area contributed by atoms with Crippen molar-refractivity contribution in [3.05, 3.63) is 99.0 Å². The van der Waals surface area contributed by atoms with Crippen LogP contribution >= 0.6 is 22.6 Å². The van der Waals surface area contributed by atoms with Gasteiger partial charge >= 0.3 is 5.97 Å². The molecule has 0 aliphatic carbocycles. The number of halogens is 3. The highest BCUT2D eigenvalue weighted by atomic mass is 127. The predicted molar refractivity (Wildman–Crippen MR) is 177 cm³/mol. The maximum Gasteiger partial charge on any atom is 0.328 e. The van der Waals surface area contributed by atoms with Crippen LogP contribution in [0, 0.1) is 20.6 Å². The number of aromatic nitrogens is 4. The first-order valence-corrected chi connectivity index (χ1v) is 15.5. The summed E-state index contributed by atoms with van der Waals surface area (Å²) < 4.78 is 37.5. The van der Waals surface area contributed by atoms with Crippen molar-refractivity contribution < 1.29 is 28.5 Å².